The molecule has 6 heteroatoms. The van der Waals surface area contributed by atoms with Crippen molar-refractivity contribution in [3.63, 3.8) is 0 Å². The number of para-hydroxylation sites is 1. The van der Waals surface area contributed by atoms with Crippen LogP contribution in [-0.2, 0) is 0 Å². The molecular weight excluding hydrogens is 341 g/mol. The number of piperazine rings is 1. The second-order valence-corrected chi connectivity index (χ2v) is 6.72. The molecule has 0 N–H and O–H groups in total. The molecule has 2 aromatic rings. The van der Waals surface area contributed by atoms with E-state index in [4.69, 9.17) is 0 Å². The highest BCUT2D eigenvalue weighted by molar-refractivity contribution is 5.94. The number of halogens is 3. The molecule has 1 aliphatic heterocycles. The standard InChI is InChI=1S/C20H21F3N2O/c1-13(2)14-5-3-4-6-17(14)24-9-11-25(12-10-24)20(26)15-7-8-16(21)19(23)18(15)22/h3-8,13H,9-12H2,1-2H3. The van der Waals surface area contributed by atoms with Crippen molar-refractivity contribution in [2.75, 3.05) is 31.1 Å². The Morgan fingerprint density at radius 1 is 0.923 bits per heavy atom. The van der Waals surface area contributed by atoms with Gasteiger partial charge in [-0.1, -0.05) is 32.0 Å². The van der Waals surface area contributed by atoms with Crippen molar-refractivity contribution in [2.24, 2.45) is 0 Å². The number of amides is 1. The fraction of sp³-hybridized carbons (Fsp3) is 0.350. The third-order valence-corrected chi connectivity index (χ3v) is 4.73. The summed E-state index contributed by atoms with van der Waals surface area (Å²) in [5.41, 5.74) is 1.94. The number of rotatable bonds is 3. The SMILES string of the molecule is CC(C)c1ccccc1N1CCN(C(=O)c2ccc(F)c(F)c2F)CC1. The molecule has 1 amide bonds. The van der Waals surface area contributed by atoms with Crippen molar-refractivity contribution >= 4 is 11.6 Å². The summed E-state index contributed by atoms with van der Waals surface area (Å²) < 4.78 is 40.3. The predicted octanol–water partition coefficient (Wildman–Crippen LogP) is 4.19. The Kier molecular flexibility index (Phi) is 5.20. The van der Waals surface area contributed by atoms with E-state index in [0.29, 0.717) is 32.1 Å². The van der Waals surface area contributed by atoms with Crippen LogP contribution in [0.2, 0.25) is 0 Å². The second-order valence-electron chi connectivity index (χ2n) is 6.72. The minimum atomic E-state index is -1.61. The summed E-state index contributed by atoms with van der Waals surface area (Å²) in [5, 5.41) is 0. The molecule has 26 heavy (non-hydrogen) atoms. The fourth-order valence-corrected chi connectivity index (χ4v) is 3.28. The number of anilines is 1. The summed E-state index contributed by atoms with van der Waals surface area (Å²) in [7, 11) is 0. The van der Waals surface area contributed by atoms with E-state index >= 15 is 0 Å². The van der Waals surface area contributed by atoms with Crippen molar-refractivity contribution in [3.05, 3.63) is 65.0 Å². The topological polar surface area (TPSA) is 23.6 Å². The number of hydrogen-bond donors (Lipinski definition) is 0. The Morgan fingerprint density at radius 2 is 1.58 bits per heavy atom. The zero-order chi connectivity index (χ0) is 18.8. The van der Waals surface area contributed by atoms with Gasteiger partial charge in [0.05, 0.1) is 5.56 Å². The first kappa shape index (κ1) is 18.3. The number of benzene rings is 2. The van der Waals surface area contributed by atoms with E-state index in [2.05, 4.69) is 30.9 Å². The Hall–Kier alpha value is -2.50. The minimum Gasteiger partial charge on any atom is -0.368 e. The Morgan fingerprint density at radius 3 is 2.23 bits per heavy atom. The summed E-state index contributed by atoms with van der Waals surface area (Å²) in [4.78, 5) is 16.2. The molecule has 0 bridgehead atoms. The van der Waals surface area contributed by atoms with Gasteiger partial charge in [-0.25, -0.2) is 13.2 Å². The lowest BCUT2D eigenvalue weighted by Crippen LogP contribution is -2.49. The van der Waals surface area contributed by atoms with Crippen LogP contribution in [-0.4, -0.2) is 37.0 Å². The molecule has 0 saturated carbocycles. The van der Waals surface area contributed by atoms with Gasteiger partial charge in [0, 0.05) is 31.9 Å². The van der Waals surface area contributed by atoms with Crippen LogP contribution in [0.15, 0.2) is 36.4 Å². The summed E-state index contributed by atoms with van der Waals surface area (Å²) in [6.07, 6.45) is 0. The van der Waals surface area contributed by atoms with Gasteiger partial charge in [0.15, 0.2) is 17.5 Å². The van der Waals surface area contributed by atoms with Crippen LogP contribution >= 0.6 is 0 Å². The summed E-state index contributed by atoms with van der Waals surface area (Å²) >= 11 is 0. The average Bonchev–Trinajstić information content (AvgIpc) is 2.66. The van der Waals surface area contributed by atoms with Crippen molar-refractivity contribution < 1.29 is 18.0 Å². The lowest BCUT2D eigenvalue weighted by molar-refractivity contribution is 0.0740. The lowest BCUT2D eigenvalue weighted by atomic mass is 10.00. The van der Waals surface area contributed by atoms with Crippen LogP contribution in [0.5, 0.6) is 0 Å². The van der Waals surface area contributed by atoms with Crippen LogP contribution in [0, 0.1) is 17.5 Å². The molecular formula is C20H21F3N2O. The zero-order valence-corrected chi connectivity index (χ0v) is 14.8. The van der Waals surface area contributed by atoms with Crippen molar-refractivity contribution in [3.8, 4) is 0 Å². The van der Waals surface area contributed by atoms with Crippen molar-refractivity contribution in [1.29, 1.82) is 0 Å². The smallest absolute Gasteiger partial charge is 0.257 e. The van der Waals surface area contributed by atoms with Gasteiger partial charge in [-0.2, -0.15) is 0 Å². The molecule has 1 saturated heterocycles. The molecule has 2 aromatic carbocycles. The molecule has 0 aromatic heterocycles. The number of nitrogens with zero attached hydrogens (tertiary/aromatic N) is 2. The maximum absolute atomic E-state index is 13.9. The Bertz CT molecular complexity index is 815. The van der Waals surface area contributed by atoms with Crippen molar-refractivity contribution in [1.82, 2.24) is 4.90 Å². The van der Waals surface area contributed by atoms with Crippen LogP contribution < -0.4 is 4.90 Å². The number of hydrogen-bond acceptors (Lipinski definition) is 2. The van der Waals surface area contributed by atoms with Crippen LogP contribution in [0.3, 0.4) is 0 Å². The molecule has 1 fully saturated rings. The van der Waals surface area contributed by atoms with Crippen LogP contribution in [0.25, 0.3) is 0 Å². The number of carbonyl (C=O) groups excluding carboxylic acids is 1. The normalized spacial score (nSPS) is 14.8. The maximum atomic E-state index is 13.9. The predicted molar refractivity (Wildman–Crippen MR) is 95.0 cm³/mol. The van der Waals surface area contributed by atoms with Gasteiger partial charge in [0.2, 0.25) is 0 Å². The van der Waals surface area contributed by atoms with Gasteiger partial charge in [-0.05, 0) is 29.7 Å². The average molecular weight is 362 g/mol. The van der Waals surface area contributed by atoms with E-state index in [-0.39, 0.29) is 0 Å². The van der Waals surface area contributed by atoms with E-state index in [1.165, 1.54) is 10.5 Å². The fourth-order valence-electron chi connectivity index (χ4n) is 3.28. The molecule has 0 spiro atoms. The Balaban J connectivity index is 1.73. The maximum Gasteiger partial charge on any atom is 0.257 e. The highest BCUT2D eigenvalue weighted by Gasteiger charge is 2.27. The van der Waals surface area contributed by atoms with E-state index < -0.39 is 28.9 Å². The summed E-state index contributed by atoms with van der Waals surface area (Å²) in [6, 6.07) is 9.91. The third kappa shape index (κ3) is 3.41. The molecule has 0 radical (unpaired) electrons. The van der Waals surface area contributed by atoms with Crippen LogP contribution in [0.4, 0.5) is 18.9 Å². The molecule has 3 rings (SSSR count). The first-order valence-corrected chi connectivity index (χ1v) is 8.66. The second kappa shape index (κ2) is 7.40. The van der Waals surface area contributed by atoms with E-state index in [9.17, 15) is 18.0 Å². The Labute approximate surface area is 151 Å². The highest BCUT2D eigenvalue weighted by atomic mass is 19.2. The van der Waals surface area contributed by atoms with Crippen molar-refractivity contribution in [2.45, 2.75) is 19.8 Å². The summed E-state index contributed by atoms with van der Waals surface area (Å²) in [6.45, 7) is 6.24. The van der Waals surface area contributed by atoms with Gasteiger partial charge in [-0.15, -0.1) is 0 Å². The summed E-state index contributed by atoms with van der Waals surface area (Å²) in [5.74, 6) is -4.57. The number of carbonyl (C=O) groups is 1. The quantitative estimate of drug-likeness (QED) is 0.765. The zero-order valence-electron chi connectivity index (χ0n) is 14.8. The first-order valence-electron chi connectivity index (χ1n) is 8.66. The van der Waals surface area contributed by atoms with Gasteiger partial charge in [0.1, 0.15) is 0 Å². The molecule has 0 aliphatic carbocycles. The van der Waals surface area contributed by atoms with E-state index in [1.807, 2.05) is 12.1 Å². The first-order chi connectivity index (χ1) is 12.4. The lowest BCUT2D eigenvalue weighted by Gasteiger charge is -2.37. The van der Waals surface area contributed by atoms with Gasteiger partial charge in [-0.3, -0.25) is 4.79 Å². The van der Waals surface area contributed by atoms with Gasteiger partial charge < -0.3 is 9.80 Å². The van der Waals surface area contributed by atoms with E-state index in [0.717, 1.165) is 17.8 Å². The van der Waals surface area contributed by atoms with E-state index in [1.54, 1.807) is 0 Å². The molecule has 1 aliphatic rings. The van der Waals surface area contributed by atoms with Crippen LogP contribution in [0.1, 0.15) is 35.7 Å². The third-order valence-electron chi connectivity index (χ3n) is 4.73. The molecule has 3 nitrogen and oxygen atoms in total. The van der Waals surface area contributed by atoms with Gasteiger partial charge >= 0.3 is 0 Å². The molecule has 138 valence electrons. The minimum absolute atomic E-state index is 0.377. The molecule has 1 heterocycles. The molecule has 0 unspecified atom stereocenters. The monoisotopic (exact) mass is 362 g/mol. The largest absolute Gasteiger partial charge is 0.368 e. The molecule has 0 atom stereocenters. The van der Waals surface area contributed by atoms with Gasteiger partial charge in [0.25, 0.3) is 5.91 Å². The highest BCUT2D eigenvalue weighted by Crippen LogP contribution is 2.28.